The van der Waals surface area contributed by atoms with Gasteiger partial charge in [0.15, 0.2) is 0 Å². The molecule has 2 nitrogen and oxygen atoms in total. The molecular formula is C24H46O2. The van der Waals surface area contributed by atoms with Crippen molar-refractivity contribution in [3.8, 4) is 0 Å². The number of unbranched alkanes of at least 4 members (excludes halogenated alkanes) is 17. The second kappa shape index (κ2) is 22.3. The summed E-state index contributed by atoms with van der Waals surface area (Å²) in [7, 11) is 0. The summed E-state index contributed by atoms with van der Waals surface area (Å²) in [5.41, 5.74) is 0. The number of hydrogen-bond acceptors (Lipinski definition) is 1. The third-order valence-electron chi connectivity index (χ3n) is 5.15. The van der Waals surface area contributed by atoms with Crippen LogP contribution in [0.15, 0.2) is 12.2 Å². The summed E-state index contributed by atoms with van der Waals surface area (Å²) >= 11 is 0. The molecule has 1 N–H and O–H groups in total. The molecule has 0 amide bonds. The zero-order valence-electron chi connectivity index (χ0n) is 17.7. The first-order valence-electron chi connectivity index (χ1n) is 11.6. The minimum atomic E-state index is -0.658. The van der Waals surface area contributed by atoms with Crippen LogP contribution in [-0.4, -0.2) is 11.1 Å². The molecule has 0 unspecified atom stereocenters. The zero-order chi connectivity index (χ0) is 19.1. The smallest absolute Gasteiger partial charge is 0.303 e. The zero-order valence-corrected chi connectivity index (χ0v) is 17.7. The Bertz CT molecular complexity index is 309. The molecule has 0 aromatic rings. The molecule has 0 spiro atoms. The SMILES string of the molecule is CCCCCCCCCCCC/C=C\CCCCCCCCCC(=O)O. The van der Waals surface area contributed by atoms with Crippen LogP contribution in [0, 0.1) is 0 Å². The highest BCUT2D eigenvalue weighted by Crippen LogP contribution is 2.12. The van der Waals surface area contributed by atoms with Gasteiger partial charge in [0, 0.05) is 6.42 Å². The minimum absolute atomic E-state index is 0.337. The number of aliphatic carboxylic acids is 1. The standard InChI is InChI=1S/C24H46O2/c1-2-3-4-5-6-7-8-9-10-11-12-13-14-15-16-17-18-19-20-21-22-23-24(25)26/h13-14H,2-12,15-23H2,1H3,(H,25,26)/b14-13-. The van der Waals surface area contributed by atoms with E-state index in [2.05, 4.69) is 19.1 Å². The van der Waals surface area contributed by atoms with E-state index >= 15 is 0 Å². The van der Waals surface area contributed by atoms with Gasteiger partial charge < -0.3 is 5.11 Å². The maximum absolute atomic E-state index is 10.4. The van der Waals surface area contributed by atoms with Gasteiger partial charge in [-0.15, -0.1) is 0 Å². The highest BCUT2D eigenvalue weighted by atomic mass is 16.4. The van der Waals surface area contributed by atoms with E-state index in [1.807, 2.05) is 0 Å². The van der Waals surface area contributed by atoms with Gasteiger partial charge in [0.1, 0.15) is 0 Å². The number of allylic oxidation sites excluding steroid dienone is 2. The number of rotatable bonds is 21. The monoisotopic (exact) mass is 366 g/mol. The predicted octanol–water partition coefficient (Wildman–Crippen LogP) is 8.45. The third kappa shape index (κ3) is 23.2. The molecule has 26 heavy (non-hydrogen) atoms. The van der Waals surface area contributed by atoms with Crippen molar-refractivity contribution in [3.63, 3.8) is 0 Å². The van der Waals surface area contributed by atoms with Crippen molar-refractivity contribution >= 4 is 5.97 Å². The molecule has 0 rings (SSSR count). The minimum Gasteiger partial charge on any atom is -0.481 e. The highest BCUT2D eigenvalue weighted by molar-refractivity contribution is 5.66. The molecule has 0 bridgehead atoms. The van der Waals surface area contributed by atoms with Gasteiger partial charge in [0.2, 0.25) is 0 Å². The fourth-order valence-corrected chi connectivity index (χ4v) is 3.41. The average Bonchev–Trinajstić information content (AvgIpc) is 2.62. The lowest BCUT2D eigenvalue weighted by Crippen LogP contribution is -1.93. The molecule has 154 valence electrons. The lowest BCUT2D eigenvalue weighted by atomic mass is 10.1. The van der Waals surface area contributed by atoms with Crippen molar-refractivity contribution in [2.45, 2.75) is 135 Å². The number of carboxylic acids is 1. The van der Waals surface area contributed by atoms with E-state index < -0.39 is 5.97 Å². The molecule has 2 heteroatoms. The lowest BCUT2D eigenvalue weighted by Gasteiger charge is -2.01. The lowest BCUT2D eigenvalue weighted by molar-refractivity contribution is -0.137. The quantitative estimate of drug-likeness (QED) is 0.163. The Morgan fingerprint density at radius 1 is 0.577 bits per heavy atom. The summed E-state index contributed by atoms with van der Waals surface area (Å²) in [4.78, 5) is 10.4. The molecule has 0 saturated heterocycles. The Balaban J connectivity index is 3.08. The van der Waals surface area contributed by atoms with Crippen molar-refractivity contribution in [2.75, 3.05) is 0 Å². The van der Waals surface area contributed by atoms with E-state index in [4.69, 9.17) is 5.11 Å². The normalized spacial score (nSPS) is 11.4. The molecule has 0 heterocycles. The van der Waals surface area contributed by atoms with E-state index in [0.29, 0.717) is 6.42 Å². The molecule has 0 saturated carbocycles. The Labute approximate surface area is 163 Å². The van der Waals surface area contributed by atoms with Crippen molar-refractivity contribution in [3.05, 3.63) is 12.2 Å². The summed E-state index contributed by atoms with van der Waals surface area (Å²) in [6.45, 7) is 2.28. The van der Waals surface area contributed by atoms with Crippen LogP contribution in [0.1, 0.15) is 135 Å². The van der Waals surface area contributed by atoms with Crippen LogP contribution in [0.5, 0.6) is 0 Å². The van der Waals surface area contributed by atoms with Gasteiger partial charge in [0.05, 0.1) is 0 Å². The Morgan fingerprint density at radius 2 is 0.923 bits per heavy atom. The van der Waals surface area contributed by atoms with Gasteiger partial charge in [-0.3, -0.25) is 4.79 Å². The molecule has 0 fully saturated rings. The number of carbonyl (C=O) groups is 1. The van der Waals surface area contributed by atoms with Crippen LogP contribution >= 0.6 is 0 Å². The van der Waals surface area contributed by atoms with Crippen LogP contribution < -0.4 is 0 Å². The second-order valence-corrected chi connectivity index (χ2v) is 7.85. The van der Waals surface area contributed by atoms with Crippen LogP contribution in [0.2, 0.25) is 0 Å². The van der Waals surface area contributed by atoms with E-state index in [1.165, 1.54) is 109 Å². The van der Waals surface area contributed by atoms with Crippen molar-refractivity contribution in [1.29, 1.82) is 0 Å². The van der Waals surface area contributed by atoms with Gasteiger partial charge in [0.25, 0.3) is 0 Å². The summed E-state index contributed by atoms with van der Waals surface area (Å²) in [6.07, 6.45) is 30.1. The number of hydrogen-bond donors (Lipinski definition) is 1. The van der Waals surface area contributed by atoms with Gasteiger partial charge in [-0.1, -0.05) is 109 Å². The van der Waals surface area contributed by atoms with E-state index in [9.17, 15) is 4.79 Å². The van der Waals surface area contributed by atoms with Crippen LogP contribution in [-0.2, 0) is 4.79 Å². The van der Waals surface area contributed by atoms with Crippen molar-refractivity contribution < 1.29 is 9.90 Å². The van der Waals surface area contributed by atoms with Gasteiger partial charge >= 0.3 is 5.97 Å². The molecule has 0 aliphatic heterocycles. The Morgan fingerprint density at radius 3 is 1.31 bits per heavy atom. The molecular weight excluding hydrogens is 320 g/mol. The molecule has 0 aromatic heterocycles. The van der Waals surface area contributed by atoms with E-state index in [1.54, 1.807) is 0 Å². The number of carboxylic acid groups (broad SMARTS) is 1. The molecule has 0 atom stereocenters. The first kappa shape index (κ1) is 25.2. The predicted molar refractivity (Wildman–Crippen MR) is 115 cm³/mol. The maximum atomic E-state index is 10.4. The fraction of sp³-hybridized carbons (Fsp3) is 0.875. The largest absolute Gasteiger partial charge is 0.481 e. The van der Waals surface area contributed by atoms with Gasteiger partial charge in [-0.05, 0) is 32.1 Å². The molecule has 0 aliphatic carbocycles. The Hall–Kier alpha value is -0.790. The van der Waals surface area contributed by atoms with Crippen molar-refractivity contribution in [1.82, 2.24) is 0 Å². The van der Waals surface area contributed by atoms with Crippen LogP contribution in [0.25, 0.3) is 0 Å². The van der Waals surface area contributed by atoms with Crippen molar-refractivity contribution in [2.24, 2.45) is 0 Å². The second-order valence-electron chi connectivity index (χ2n) is 7.85. The van der Waals surface area contributed by atoms with Crippen LogP contribution in [0.4, 0.5) is 0 Å². The van der Waals surface area contributed by atoms with Gasteiger partial charge in [-0.2, -0.15) is 0 Å². The summed E-state index contributed by atoms with van der Waals surface area (Å²) in [5.74, 6) is -0.658. The first-order valence-corrected chi connectivity index (χ1v) is 11.6. The third-order valence-corrected chi connectivity index (χ3v) is 5.15. The van der Waals surface area contributed by atoms with Crippen LogP contribution in [0.3, 0.4) is 0 Å². The summed E-state index contributed by atoms with van der Waals surface area (Å²) < 4.78 is 0. The van der Waals surface area contributed by atoms with E-state index in [0.717, 1.165) is 12.8 Å². The Kier molecular flexibility index (Phi) is 21.6. The van der Waals surface area contributed by atoms with Gasteiger partial charge in [-0.25, -0.2) is 0 Å². The summed E-state index contributed by atoms with van der Waals surface area (Å²) in [6, 6.07) is 0. The van der Waals surface area contributed by atoms with E-state index in [-0.39, 0.29) is 0 Å². The first-order chi connectivity index (χ1) is 12.8. The maximum Gasteiger partial charge on any atom is 0.303 e. The highest BCUT2D eigenvalue weighted by Gasteiger charge is 1.96. The topological polar surface area (TPSA) is 37.3 Å². The molecule has 0 radical (unpaired) electrons. The fourth-order valence-electron chi connectivity index (χ4n) is 3.41. The molecule has 0 aromatic carbocycles. The average molecular weight is 367 g/mol. The summed E-state index contributed by atoms with van der Waals surface area (Å²) in [5, 5.41) is 8.57. The molecule has 0 aliphatic rings.